The van der Waals surface area contributed by atoms with Crippen LogP contribution in [0.5, 0.6) is 0 Å². The van der Waals surface area contributed by atoms with Crippen molar-refractivity contribution in [2.75, 3.05) is 4.90 Å². The molecule has 8 heteroatoms. The Bertz CT molecular complexity index is 792. The first kappa shape index (κ1) is 17.9. The molecule has 4 nitrogen and oxygen atoms in total. The van der Waals surface area contributed by atoms with Crippen molar-refractivity contribution in [3.8, 4) is 11.1 Å². The molecule has 0 saturated carbocycles. The lowest BCUT2D eigenvalue weighted by Crippen LogP contribution is -2.33. The van der Waals surface area contributed by atoms with Gasteiger partial charge in [-0.1, -0.05) is 17.7 Å². The van der Waals surface area contributed by atoms with Crippen LogP contribution < -0.4 is 4.90 Å². The van der Waals surface area contributed by atoms with Gasteiger partial charge in [0.05, 0.1) is 11.3 Å². The molecule has 1 heterocycles. The number of alkyl halides is 3. The molecule has 2 amide bonds. The molecular weight excluding hydrogens is 345 g/mol. The normalized spacial score (nSPS) is 11.2. The van der Waals surface area contributed by atoms with E-state index in [1.807, 2.05) is 0 Å². The number of aromatic nitrogens is 1. The van der Waals surface area contributed by atoms with Gasteiger partial charge in [-0.05, 0) is 29.8 Å². The van der Waals surface area contributed by atoms with E-state index in [-0.39, 0.29) is 16.4 Å². The van der Waals surface area contributed by atoms with E-state index in [4.69, 9.17) is 11.6 Å². The maximum absolute atomic E-state index is 13.0. The van der Waals surface area contributed by atoms with Crippen LogP contribution in [0.2, 0.25) is 5.15 Å². The standard InChI is InChI=1S/C16H12ClF3N2O2/c1-9(23)22(10(2)24)14-8-12(16(18,19)20)3-4-13(14)11-5-6-21-15(17)7-11/h3-8H,1-2H3. The summed E-state index contributed by atoms with van der Waals surface area (Å²) in [6, 6.07) is 5.81. The van der Waals surface area contributed by atoms with E-state index < -0.39 is 23.6 Å². The summed E-state index contributed by atoms with van der Waals surface area (Å²) in [5.41, 5.74) is -0.426. The Hall–Kier alpha value is -2.41. The zero-order chi connectivity index (χ0) is 18.1. The lowest BCUT2D eigenvalue weighted by Gasteiger charge is -2.22. The van der Waals surface area contributed by atoms with Crippen molar-refractivity contribution in [1.29, 1.82) is 0 Å². The fourth-order valence-electron chi connectivity index (χ4n) is 2.27. The molecule has 2 aromatic rings. The number of carbonyl (C=O) groups is 2. The average molecular weight is 357 g/mol. The molecule has 0 bridgehead atoms. The lowest BCUT2D eigenvalue weighted by molar-refractivity contribution is -0.137. The van der Waals surface area contributed by atoms with Crippen LogP contribution in [-0.4, -0.2) is 16.8 Å². The third-order valence-electron chi connectivity index (χ3n) is 3.23. The molecule has 24 heavy (non-hydrogen) atoms. The predicted molar refractivity (Wildman–Crippen MR) is 83.5 cm³/mol. The van der Waals surface area contributed by atoms with Gasteiger partial charge in [-0.3, -0.25) is 14.5 Å². The van der Waals surface area contributed by atoms with Crippen molar-refractivity contribution in [3.63, 3.8) is 0 Å². The first-order chi connectivity index (χ1) is 11.1. The number of nitrogens with zero attached hydrogens (tertiary/aromatic N) is 2. The van der Waals surface area contributed by atoms with E-state index in [1.54, 1.807) is 0 Å². The molecule has 0 atom stereocenters. The molecular formula is C16H12ClF3N2O2. The van der Waals surface area contributed by atoms with Crippen molar-refractivity contribution in [2.24, 2.45) is 0 Å². The minimum atomic E-state index is -4.61. The largest absolute Gasteiger partial charge is 0.416 e. The first-order valence-corrected chi connectivity index (χ1v) is 7.13. The van der Waals surface area contributed by atoms with Crippen LogP contribution in [0.15, 0.2) is 36.5 Å². The molecule has 0 aliphatic carbocycles. The molecule has 0 unspecified atom stereocenters. The van der Waals surface area contributed by atoms with Crippen LogP contribution in [-0.2, 0) is 15.8 Å². The molecule has 1 aromatic carbocycles. The van der Waals surface area contributed by atoms with E-state index in [1.165, 1.54) is 24.4 Å². The minimum absolute atomic E-state index is 0.135. The summed E-state index contributed by atoms with van der Waals surface area (Å²) in [6.45, 7) is 2.20. The SMILES string of the molecule is CC(=O)N(C(C)=O)c1cc(C(F)(F)F)ccc1-c1ccnc(Cl)c1. The second-order valence-corrected chi connectivity index (χ2v) is 5.36. The summed E-state index contributed by atoms with van der Waals surface area (Å²) >= 11 is 5.82. The topological polar surface area (TPSA) is 50.3 Å². The highest BCUT2D eigenvalue weighted by atomic mass is 35.5. The smallest absolute Gasteiger partial charge is 0.274 e. The van der Waals surface area contributed by atoms with Crippen molar-refractivity contribution >= 4 is 29.1 Å². The fraction of sp³-hybridized carbons (Fsp3) is 0.188. The zero-order valence-electron chi connectivity index (χ0n) is 12.7. The van der Waals surface area contributed by atoms with Crippen molar-refractivity contribution in [3.05, 3.63) is 47.2 Å². The summed E-state index contributed by atoms with van der Waals surface area (Å²) in [5.74, 6) is -1.38. The van der Waals surface area contributed by atoms with Crippen molar-refractivity contribution < 1.29 is 22.8 Å². The van der Waals surface area contributed by atoms with E-state index in [2.05, 4.69) is 4.98 Å². The maximum atomic E-state index is 13.0. The lowest BCUT2D eigenvalue weighted by atomic mass is 10.0. The van der Waals surface area contributed by atoms with Crippen LogP contribution in [0, 0.1) is 0 Å². The van der Waals surface area contributed by atoms with Gasteiger partial charge in [0.25, 0.3) is 0 Å². The minimum Gasteiger partial charge on any atom is -0.274 e. The van der Waals surface area contributed by atoms with Gasteiger partial charge in [-0.2, -0.15) is 13.2 Å². The van der Waals surface area contributed by atoms with Gasteiger partial charge in [0.2, 0.25) is 11.8 Å². The second kappa shape index (κ2) is 6.60. The van der Waals surface area contributed by atoms with Crippen molar-refractivity contribution in [1.82, 2.24) is 4.98 Å². The number of benzene rings is 1. The molecule has 0 aliphatic rings. The molecule has 0 saturated heterocycles. The van der Waals surface area contributed by atoms with Crippen LogP contribution in [0.4, 0.5) is 18.9 Å². The Morgan fingerprint density at radius 2 is 1.71 bits per heavy atom. The number of hydrogen-bond donors (Lipinski definition) is 0. The van der Waals surface area contributed by atoms with Crippen molar-refractivity contribution in [2.45, 2.75) is 20.0 Å². The Labute approximate surface area is 140 Å². The van der Waals surface area contributed by atoms with Crippen LogP contribution >= 0.6 is 11.6 Å². The van der Waals surface area contributed by atoms with Gasteiger partial charge in [0.15, 0.2) is 0 Å². The Balaban J connectivity index is 2.75. The molecule has 0 N–H and O–H groups in total. The van der Waals surface area contributed by atoms with Crippen LogP contribution in [0.1, 0.15) is 19.4 Å². The summed E-state index contributed by atoms with van der Waals surface area (Å²) in [4.78, 5) is 28.1. The first-order valence-electron chi connectivity index (χ1n) is 6.75. The van der Waals surface area contributed by atoms with E-state index in [0.29, 0.717) is 10.5 Å². The van der Waals surface area contributed by atoms with Gasteiger partial charge in [-0.25, -0.2) is 4.98 Å². The Morgan fingerprint density at radius 1 is 1.08 bits per heavy atom. The molecule has 2 rings (SSSR count). The molecule has 126 valence electrons. The number of hydrogen-bond acceptors (Lipinski definition) is 3. The van der Waals surface area contributed by atoms with Gasteiger partial charge < -0.3 is 0 Å². The van der Waals surface area contributed by atoms with Crippen LogP contribution in [0.3, 0.4) is 0 Å². The summed E-state index contributed by atoms with van der Waals surface area (Å²) in [6.07, 6.45) is -3.23. The Morgan fingerprint density at radius 3 is 2.21 bits per heavy atom. The molecule has 0 radical (unpaired) electrons. The zero-order valence-corrected chi connectivity index (χ0v) is 13.4. The quantitative estimate of drug-likeness (QED) is 0.753. The number of anilines is 1. The average Bonchev–Trinajstić information content (AvgIpc) is 2.45. The highest BCUT2D eigenvalue weighted by molar-refractivity contribution is 6.29. The highest BCUT2D eigenvalue weighted by Crippen LogP contribution is 2.38. The van der Waals surface area contributed by atoms with Gasteiger partial charge >= 0.3 is 6.18 Å². The summed E-state index contributed by atoms with van der Waals surface area (Å²) in [5, 5.41) is 0.135. The molecule has 0 spiro atoms. The van der Waals surface area contributed by atoms with Crippen LogP contribution in [0.25, 0.3) is 11.1 Å². The molecule has 1 aromatic heterocycles. The second-order valence-electron chi connectivity index (χ2n) is 4.97. The number of pyridine rings is 1. The maximum Gasteiger partial charge on any atom is 0.416 e. The number of rotatable bonds is 2. The third-order valence-corrected chi connectivity index (χ3v) is 3.44. The van der Waals surface area contributed by atoms with Gasteiger partial charge in [0, 0.05) is 25.6 Å². The summed E-state index contributed by atoms with van der Waals surface area (Å²) in [7, 11) is 0. The van der Waals surface area contributed by atoms with Gasteiger partial charge in [0.1, 0.15) is 5.15 Å². The summed E-state index contributed by atoms with van der Waals surface area (Å²) < 4.78 is 39.0. The third kappa shape index (κ3) is 3.73. The molecule has 0 fully saturated rings. The Kier molecular flexibility index (Phi) is 4.94. The van der Waals surface area contributed by atoms with Gasteiger partial charge in [-0.15, -0.1) is 0 Å². The van der Waals surface area contributed by atoms with E-state index in [9.17, 15) is 22.8 Å². The predicted octanol–water partition coefficient (Wildman–Crippen LogP) is 4.32. The highest BCUT2D eigenvalue weighted by Gasteiger charge is 2.32. The van der Waals surface area contributed by atoms with E-state index >= 15 is 0 Å². The fourth-order valence-corrected chi connectivity index (χ4v) is 2.44. The number of carbonyl (C=O) groups excluding carboxylic acids is 2. The van der Waals surface area contributed by atoms with E-state index in [0.717, 1.165) is 26.0 Å². The number of imide groups is 1. The monoisotopic (exact) mass is 356 g/mol. The number of halogens is 4. The number of amides is 2. The molecule has 0 aliphatic heterocycles.